The molecule has 144 valence electrons. The van der Waals surface area contributed by atoms with Crippen molar-refractivity contribution in [3.05, 3.63) is 60.9 Å². The van der Waals surface area contributed by atoms with Gasteiger partial charge < -0.3 is 9.80 Å². The van der Waals surface area contributed by atoms with Crippen molar-refractivity contribution >= 4 is 22.8 Å². The number of amides is 1. The van der Waals surface area contributed by atoms with Crippen LogP contribution in [0.2, 0.25) is 0 Å². The van der Waals surface area contributed by atoms with Crippen molar-refractivity contribution in [3.8, 4) is 5.82 Å². The van der Waals surface area contributed by atoms with E-state index >= 15 is 0 Å². The molecule has 29 heavy (non-hydrogen) atoms. The fourth-order valence-electron chi connectivity index (χ4n) is 3.35. The quantitative estimate of drug-likeness (QED) is 0.512. The van der Waals surface area contributed by atoms with Crippen LogP contribution in [0, 0.1) is 0 Å². The molecule has 10 nitrogen and oxygen atoms in total. The van der Waals surface area contributed by atoms with Gasteiger partial charge in [0.15, 0.2) is 11.6 Å². The summed E-state index contributed by atoms with van der Waals surface area (Å²) in [6.07, 6.45) is 6.30. The Labute approximate surface area is 165 Å². The topological polar surface area (TPSA) is 106 Å². The molecular weight excluding hydrogens is 370 g/mol. The second-order valence-electron chi connectivity index (χ2n) is 6.63. The van der Waals surface area contributed by atoms with Gasteiger partial charge in [0.25, 0.3) is 5.91 Å². The summed E-state index contributed by atoms with van der Waals surface area (Å²) in [6.45, 7) is 2.61. The van der Waals surface area contributed by atoms with E-state index in [9.17, 15) is 4.79 Å². The molecule has 1 aromatic carbocycles. The Morgan fingerprint density at radius 2 is 1.62 bits per heavy atom. The predicted molar refractivity (Wildman–Crippen MR) is 105 cm³/mol. The van der Waals surface area contributed by atoms with E-state index < -0.39 is 0 Å². The molecular formula is C19H17N9O. The standard InChI is InChI=1S/C19H17N9O/c29-19(14-1-2-15-16(11-14)22-6-5-21-15)27-9-7-26(8-10-27)17-3-4-18(25-24-17)28-13-20-12-23-28/h1-6,11-13H,7-10H2. The van der Waals surface area contributed by atoms with Gasteiger partial charge in [0.05, 0.1) is 11.0 Å². The Balaban J connectivity index is 1.25. The lowest BCUT2D eigenvalue weighted by molar-refractivity contribution is 0.0746. The summed E-state index contributed by atoms with van der Waals surface area (Å²) in [5.41, 5.74) is 2.13. The van der Waals surface area contributed by atoms with Crippen LogP contribution < -0.4 is 4.90 Å². The largest absolute Gasteiger partial charge is 0.352 e. The van der Waals surface area contributed by atoms with E-state index in [1.54, 1.807) is 35.5 Å². The van der Waals surface area contributed by atoms with Gasteiger partial charge in [0.1, 0.15) is 12.7 Å². The van der Waals surface area contributed by atoms with Crippen molar-refractivity contribution < 1.29 is 4.79 Å². The highest BCUT2D eigenvalue weighted by atomic mass is 16.2. The zero-order chi connectivity index (χ0) is 19.6. The normalized spacial score (nSPS) is 14.3. The van der Waals surface area contributed by atoms with Gasteiger partial charge in [-0.25, -0.2) is 9.67 Å². The Hall–Kier alpha value is -3.95. The van der Waals surface area contributed by atoms with Crippen LogP contribution >= 0.6 is 0 Å². The van der Waals surface area contributed by atoms with Crippen LogP contribution in [0.25, 0.3) is 16.9 Å². The van der Waals surface area contributed by atoms with Crippen molar-refractivity contribution in [2.45, 2.75) is 0 Å². The number of benzene rings is 1. The number of carbonyl (C=O) groups is 1. The molecule has 1 saturated heterocycles. The number of nitrogens with zero attached hydrogens (tertiary/aromatic N) is 9. The molecule has 1 fully saturated rings. The van der Waals surface area contributed by atoms with E-state index in [-0.39, 0.29) is 5.91 Å². The molecule has 4 heterocycles. The third kappa shape index (κ3) is 3.35. The zero-order valence-corrected chi connectivity index (χ0v) is 15.5. The van der Waals surface area contributed by atoms with Crippen molar-refractivity contribution in [3.63, 3.8) is 0 Å². The number of hydrogen-bond acceptors (Lipinski definition) is 8. The van der Waals surface area contributed by atoms with E-state index in [0.29, 0.717) is 37.6 Å². The molecule has 1 aliphatic rings. The first-order valence-electron chi connectivity index (χ1n) is 9.22. The van der Waals surface area contributed by atoms with Crippen LogP contribution in [-0.2, 0) is 0 Å². The van der Waals surface area contributed by atoms with Gasteiger partial charge >= 0.3 is 0 Å². The van der Waals surface area contributed by atoms with Crippen molar-refractivity contribution in [2.24, 2.45) is 0 Å². The lowest BCUT2D eigenvalue weighted by Gasteiger charge is -2.35. The van der Waals surface area contributed by atoms with Gasteiger partial charge in [-0.05, 0) is 30.3 Å². The molecule has 0 saturated carbocycles. The summed E-state index contributed by atoms with van der Waals surface area (Å²) in [4.78, 5) is 29.3. The highest BCUT2D eigenvalue weighted by Crippen LogP contribution is 2.17. The van der Waals surface area contributed by atoms with E-state index in [2.05, 4.69) is 35.1 Å². The number of aromatic nitrogens is 7. The zero-order valence-electron chi connectivity index (χ0n) is 15.5. The van der Waals surface area contributed by atoms with Crippen molar-refractivity contribution in [1.82, 2.24) is 39.8 Å². The maximum absolute atomic E-state index is 12.9. The summed E-state index contributed by atoms with van der Waals surface area (Å²) in [6, 6.07) is 9.19. The second kappa shape index (κ2) is 7.23. The summed E-state index contributed by atoms with van der Waals surface area (Å²) in [7, 11) is 0. The van der Waals surface area contributed by atoms with E-state index in [4.69, 9.17) is 0 Å². The first kappa shape index (κ1) is 17.2. The third-order valence-corrected chi connectivity index (χ3v) is 4.90. The third-order valence-electron chi connectivity index (χ3n) is 4.90. The number of carbonyl (C=O) groups excluding carboxylic acids is 1. The Morgan fingerprint density at radius 1 is 0.862 bits per heavy atom. The minimum absolute atomic E-state index is 0.00446. The second-order valence-corrected chi connectivity index (χ2v) is 6.63. The lowest BCUT2D eigenvalue weighted by Crippen LogP contribution is -2.49. The lowest BCUT2D eigenvalue weighted by atomic mass is 10.1. The van der Waals surface area contributed by atoms with Gasteiger partial charge in [0.2, 0.25) is 0 Å². The Bertz CT molecular complexity index is 1140. The molecule has 0 radical (unpaired) electrons. The van der Waals surface area contributed by atoms with E-state index in [0.717, 1.165) is 16.9 Å². The minimum Gasteiger partial charge on any atom is -0.352 e. The fraction of sp³-hybridized carbons (Fsp3) is 0.211. The maximum atomic E-state index is 12.9. The number of fused-ring (bicyclic) bond motifs is 1. The number of anilines is 1. The summed E-state index contributed by atoms with van der Waals surface area (Å²) >= 11 is 0. The smallest absolute Gasteiger partial charge is 0.254 e. The van der Waals surface area contributed by atoms with Gasteiger partial charge in [-0.2, -0.15) is 5.10 Å². The van der Waals surface area contributed by atoms with E-state index in [1.807, 2.05) is 23.1 Å². The van der Waals surface area contributed by atoms with Gasteiger partial charge in [0, 0.05) is 44.1 Å². The molecule has 4 aromatic rings. The predicted octanol–water partition coefficient (Wildman–Crippen LogP) is 0.963. The van der Waals surface area contributed by atoms with Crippen LogP contribution in [-0.4, -0.2) is 71.9 Å². The first-order chi connectivity index (χ1) is 14.3. The Morgan fingerprint density at radius 3 is 2.34 bits per heavy atom. The monoisotopic (exact) mass is 387 g/mol. The van der Waals surface area contributed by atoms with Gasteiger partial charge in [-0.1, -0.05) is 0 Å². The van der Waals surface area contributed by atoms with E-state index in [1.165, 1.54) is 6.33 Å². The van der Waals surface area contributed by atoms with Gasteiger partial charge in [-0.3, -0.25) is 14.8 Å². The molecule has 5 rings (SSSR count). The van der Waals surface area contributed by atoms with Crippen LogP contribution in [0.1, 0.15) is 10.4 Å². The van der Waals surface area contributed by atoms with Crippen molar-refractivity contribution in [1.29, 1.82) is 0 Å². The Kier molecular flexibility index (Phi) is 4.28. The van der Waals surface area contributed by atoms with Crippen LogP contribution in [0.3, 0.4) is 0 Å². The maximum Gasteiger partial charge on any atom is 0.254 e. The molecule has 1 amide bonds. The SMILES string of the molecule is O=C(c1ccc2nccnc2c1)N1CCN(c2ccc(-n3cncn3)nn2)CC1. The molecule has 3 aromatic heterocycles. The molecule has 0 atom stereocenters. The highest BCUT2D eigenvalue weighted by molar-refractivity contribution is 5.97. The molecule has 1 aliphatic heterocycles. The molecule has 0 bridgehead atoms. The average molecular weight is 387 g/mol. The highest BCUT2D eigenvalue weighted by Gasteiger charge is 2.23. The molecule has 10 heteroatoms. The number of hydrogen-bond donors (Lipinski definition) is 0. The number of piperazine rings is 1. The summed E-state index contributed by atoms with van der Waals surface area (Å²) in [5, 5.41) is 12.5. The summed E-state index contributed by atoms with van der Waals surface area (Å²) in [5.74, 6) is 1.39. The average Bonchev–Trinajstić information content (AvgIpc) is 3.33. The van der Waals surface area contributed by atoms with Crippen LogP contribution in [0.5, 0.6) is 0 Å². The van der Waals surface area contributed by atoms with Crippen molar-refractivity contribution in [2.75, 3.05) is 31.1 Å². The molecule has 0 N–H and O–H groups in total. The fourth-order valence-corrected chi connectivity index (χ4v) is 3.35. The first-order valence-corrected chi connectivity index (χ1v) is 9.22. The number of rotatable bonds is 3. The molecule has 0 aliphatic carbocycles. The minimum atomic E-state index is 0.00446. The molecule has 0 spiro atoms. The molecule has 0 unspecified atom stereocenters. The van der Waals surface area contributed by atoms with Gasteiger partial charge in [-0.15, -0.1) is 10.2 Å². The summed E-state index contributed by atoms with van der Waals surface area (Å²) < 4.78 is 1.56. The van der Waals surface area contributed by atoms with Crippen LogP contribution in [0.15, 0.2) is 55.4 Å². The van der Waals surface area contributed by atoms with Crippen LogP contribution in [0.4, 0.5) is 5.82 Å².